The van der Waals surface area contributed by atoms with Gasteiger partial charge >= 0.3 is 0 Å². The number of amides is 1. The molecule has 1 aliphatic heterocycles. The fraction of sp³-hybridized carbons (Fsp3) is 0.455. The molecular weight excluding hydrogens is 240 g/mol. The fourth-order valence-electron chi connectivity index (χ4n) is 1.83. The molecule has 1 aromatic rings. The third-order valence-electron chi connectivity index (χ3n) is 2.85. The molecule has 2 rings (SSSR count). The topological polar surface area (TPSA) is 62.5 Å². The minimum atomic E-state index is -0.0332. The maximum atomic E-state index is 12.2. The van der Waals surface area contributed by atoms with E-state index in [1.165, 1.54) is 0 Å². The van der Waals surface area contributed by atoms with Gasteiger partial charge in [-0.25, -0.2) is 4.98 Å². The number of aromatic nitrogens is 1. The molecular formula is C11H15ClN4O. The van der Waals surface area contributed by atoms with Crippen LogP contribution < -0.4 is 5.73 Å². The van der Waals surface area contributed by atoms with Gasteiger partial charge in [0.15, 0.2) is 0 Å². The molecule has 1 fully saturated rings. The molecule has 1 amide bonds. The third kappa shape index (κ3) is 2.87. The van der Waals surface area contributed by atoms with E-state index in [2.05, 4.69) is 9.88 Å². The summed E-state index contributed by atoms with van der Waals surface area (Å²) in [7, 11) is 2.04. The van der Waals surface area contributed by atoms with Crippen LogP contribution >= 0.6 is 11.6 Å². The molecule has 1 saturated heterocycles. The second-order valence-electron chi connectivity index (χ2n) is 4.20. The molecule has 0 radical (unpaired) electrons. The second-order valence-corrected chi connectivity index (χ2v) is 4.59. The Hall–Kier alpha value is -1.33. The van der Waals surface area contributed by atoms with E-state index in [-0.39, 0.29) is 16.9 Å². The van der Waals surface area contributed by atoms with Crippen LogP contribution in [0.15, 0.2) is 12.1 Å². The molecule has 1 aromatic heterocycles. The van der Waals surface area contributed by atoms with Crippen LogP contribution in [0.25, 0.3) is 0 Å². The van der Waals surface area contributed by atoms with Crippen molar-refractivity contribution in [2.75, 3.05) is 39.0 Å². The number of nitrogens with zero attached hydrogens (tertiary/aromatic N) is 3. The summed E-state index contributed by atoms with van der Waals surface area (Å²) < 4.78 is 0. The number of likely N-dealkylation sites (N-methyl/N-ethyl adjacent to an activating group) is 1. The Bertz CT molecular complexity index is 409. The summed E-state index contributed by atoms with van der Waals surface area (Å²) in [5, 5.41) is 0.252. The molecule has 17 heavy (non-hydrogen) atoms. The zero-order chi connectivity index (χ0) is 12.4. The van der Waals surface area contributed by atoms with Gasteiger partial charge < -0.3 is 15.5 Å². The van der Waals surface area contributed by atoms with Crippen molar-refractivity contribution in [3.63, 3.8) is 0 Å². The Morgan fingerprint density at radius 2 is 2.00 bits per heavy atom. The number of piperazine rings is 1. The van der Waals surface area contributed by atoms with Gasteiger partial charge in [-0.05, 0) is 19.2 Å². The molecule has 0 bridgehead atoms. The maximum absolute atomic E-state index is 12.2. The summed E-state index contributed by atoms with van der Waals surface area (Å²) in [5.41, 5.74) is 6.08. The van der Waals surface area contributed by atoms with Gasteiger partial charge in [0.25, 0.3) is 5.91 Å². The molecule has 0 aromatic carbocycles. The fourth-order valence-corrected chi connectivity index (χ4v) is 2.05. The van der Waals surface area contributed by atoms with Crippen LogP contribution in [0.5, 0.6) is 0 Å². The zero-order valence-electron chi connectivity index (χ0n) is 9.69. The predicted octanol–water partition coefficient (Wildman–Crippen LogP) is 0.705. The molecule has 0 atom stereocenters. The van der Waals surface area contributed by atoms with Crippen LogP contribution in [-0.2, 0) is 0 Å². The highest BCUT2D eigenvalue weighted by atomic mass is 35.5. The van der Waals surface area contributed by atoms with Crippen molar-refractivity contribution in [1.82, 2.24) is 14.8 Å². The van der Waals surface area contributed by atoms with Gasteiger partial charge in [-0.3, -0.25) is 4.79 Å². The van der Waals surface area contributed by atoms with Crippen molar-refractivity contribution >= 4 is 23.3 Å². The number of anilines is 1. The lowest BCUT2D eigenvalue weighted by molar-refractivity contribution is 0.0664. The van der Waals surface area contributed by atoms with Crippen LogP contribution in [-0.4, -0.2) is 53.9 Å². The Balaban J connectivity index is 2.14. The molecule has 2 N–H and O–H groups in total. The first kappa shape index (κ1) is 12.1. The average molecular weight is 255 g/mol. The van der Waals surface area contributed by atoms with E-state index in [4.69, 9.17) is 17.3 Å². The standard InChI is InChI=1S/C11H15ClN4O/c1-15-2-4-16(5-3-15)11(17)8-6-9(12)14-10(13)7-8/h6-7H,2-5H2,1H3,(H2,13,14). The first-order valence-electron chi connectivity index (χ1n) is 5.47. The van der Waals surface area contributed by atoms with Gasteiger partial charge in [-0.15, -0.1) is 0 Å². The summed E-state index contributed by atoms with van der Waals surface area (Å²) >= 11 is 5.79. The molecule has 92 valence electrons. The number of rotatable bonds is 1. The SMILES string of the molecule is CN1CCN(C(=O)c2cc(N)nc(Cl)c2)CC1. The summed E-state index contributed by atoms with van der Waals surface area (Å²) in [6.45, 7) is 3.24. The van der Waals surface area contributed by atoms with Gasteiger partial charge in [0.2, 0.25) is 0 Å². The third-order valence-corrected chi connectivity index (χ3v) is 3.04. The number of halogens is 1. The number of nitrogens with two attached hydrogens (primary N) is 1. The summed E-state index contributed by atoms with van der Waals surface area (Å²) in [4.78, 5) is 20.0. The number of hydrogen-bond donors (Lipinski definition) is 1. The number of nitrogen functional groups attached to an aromatic ring is 1. The minimum Gasteiger partial charge on any atom is -0.384 e. The zero-order valence-corrected chi connectivity index (χ0v) is 10.4. The molecule has 0 unspecified atom stereocenters. The number of pyridine rings is 1. The number of hydrogen-bond acceptors (Lipinski definition) is 4. The lowest BCUT2D eigenvalue weighted by Crippen LogP contribution is -2.47. The first-order valence-corrected chi connectivity index (χ1v) is 5.85. The highest BCUT2D eigenvalue weighted by molar-refractivity contribution is 6.29. The van der Waals surface area contributed by atoms with E-state index < -0.39 is 0 Å². The quantitative estimate of drug-likeness (QED) is 0.750. The highest BCUT2D eigenvalue weighted by Crippen LogP contribution is 2.15. The van der Waals surface area contributed by atoms with E-state index >= 15 is 0 Å². The van der Waals surface area contributed by atoms with Crippen molar-refractivity contribution in [2.45, 2.75) is 0 Å². The second kappa shape index (κ2) is 4.89. The van der Waals surface area contributed by atoms with Gasteiger partial charge in [0.1, 0.15) is 11.0 Å². The van der Waals surface area contributed by atoms with Crippen LogP contribution in [0, 0.1) is 0 Å². The van der Waals surface area contributed by atoms with Crippen LogP contribution in [0.4, 0.5) is 5.82 Å². The molecule has 0 spiro atoms. The Morgan fingerprint density at radius 3 is 2.59 bits per heavy atom. The van der Waals surface area contributed by atoms with Crippen molar-refractivity contribution < 1.29 is 4.79 Å². The van der Waals surface area contributed by atoms with E-state index in [1.54, 1.807) is 12.1 Å². The largest absolute Gasteiger partial charge is 0.384 e. The average Bonchev–Trinajstić information content (AvgIpc) is 2.28. The van der Waals surface area contributed by atoms with Crippen LogP contribution in [0.1, 0.15) is 10.4 Å². The van der Waals surface area contributed by atoms with Crippen molar-refractivity contribution in [1.29, 1.82) is 0 Å². The Kier molecular flexibility index (Phi) is 3.49. The lowest BCUT2D eigenvalue weighted by atomic mass is 10.2. The Labute approximate surface area is 105 Å². The monoisotopic (exact) mass is 254 g/mol. The molecule has 5 nitrogen and oxygen atoms in total. The van der Waals surface area contributed by atoms with Gasteiger partial charge in [0.05, 0.1) is 0 Å². The van der Waals surface area contributed by atoms with E-state index in [0.717, 1.165) is 26.2 Å². The number of carbonyl (C=O) groups excluding carboxylic acids is 1. The molecule has 1 aliphatic rings. The van der Waals surface area contributed by atoms with Crippen LogP contribution in [0.2, 0.25) is 5.15 Å². The summed E-state index contributed by atoms with van der Waals surface area (Å²) in [5.74, 6) is 0.240. The van der Waals surface area contributed by atoms with E-state index in [9.17, 15) is 4.79 Å². The van der Waals surface area contributed by atoms with Crippen molar-refractivity contribution in [3.8, 4) is 0 Å². The predicted molar refractivity (Wildman–Crippen MR) is 67.1 cm³/mol. The van der Waals surface area contributed by atoms with Crippen molar-refractivity contribution in [3.05, 3.63) is 22.8 Å². The normalized spacial score (nSPS) is 17.2. The molecule has 2 heterocycles. The van der Waals surface area contributed by atoms with E-state index in [1.807, 2.05) is 11.9 Å². The maximum Gasteiger partial charge on any atom is 0.254 e. The van der Waals surface area contributed by atoms with Crippen LogP contribution in [0.3, 0.4) is 0 Å². The van der Waals surface area contributed by atoms with Crippen molar-refractivity contribution in [2.24, 2.45) is 0 Å². The van der Waals surface area contributed by atoms with E-state index in [0.29, 0.717) is 5.56 Å². The summed E-state index contributed by atoms with van der Waals surface area (Å²) in [6, 6.07) is 3.12. The Morgan fingerprint density at radius 1 is 1.35 bits per heavy atom. The lowest BCUT2D eigenvalue weighted by Gasteiger charge is -2.32. The van der Waals surface area contributed by atoms with Gasteiger partial charge in [0, 0.05) is 31.7 Å². The highest BCUT2D eigenvalue weighted by Gasteiger charge is 2.20. The first-order chi connectivity index (χ1) is 8.06. The molecule has 0 saturated carbocycles. The molecule has 6 heteroatoms. The van der Waals surface area contributed by atoms with Gasteiger partial charge in [-0.2, -0.15) is 0 Å². The molecule has 0 aliphatic carbocycles. The summed E-state index contributed by atoms with van der Waals surface area (Å²) in [6.07, 6.45) is 0. The van der Waals surface area contributed by atoms with Gasteiger partial charge in [-0.1, -0.05) is 11.6 Å². The number of carbonyl (C=O) groups is 1. The minimum absolute atomic E-state index is 0.0332. The smallest absolute Gasteiger partial charge is 0.254 e.